The van der Waals surface area contributed by atoms with E-state index < -0.39 is 0 Å². The maximum absolute atomic E-state index is 6.14. The average molecular weight is 240 g/mol. The summed E-state index contributed by atoms with van der Waals surface area (Å²) in [6.07, 6.45) is 0. The summed E-state index contributed by atoms with van der Waals surface area (Å²) in [6, 6.07) is 5.59. The predicted molar refractivity (Wildman–Crippen MR) is 62.5 cm³/mol. The second kappa shape index (κ2) is 3.22. The van der Waals surface area contributed by atoms with Crippen LogP contribution in [0.5, 0.6) is 0 Å². The summed E-state index contributed by atoms with van der Waals surface area (Å²) in [7, 11) is 0. The van der Waals surface area contributed by atoms with Gasteiger partial charge in [0.05, 0.1) is 22.8 Å². The average Bonchev–Trinajstić information content (AvgIpc) is 2.66. The van der Waals surface area contributed by atoms with Crippen molar-refractivity contribution in [3.63, 3.8) is 0 Å². The standard InChI is InChI=1S/C10H7Cl2N3/c11-6-2-1-3-7-8(6)9-13-4-5-15(9)10(12)14-7/h1-3H,4-5H2. The Labute approximate surface area is 97.0 Å². The lowest BCUT2D eigenvalue weighted by Gasteiger charge is -2.24. The molecule has 0 spiro atoms. The molecule has 1 aromatic rings. The Morgan fingerprint density at radius 2 is 2.13 bits per heavy atom. The highest BCUT2D eigenvalue weighted by Crippen LogP contribution is 2.34. The first-order chi connectivity index (χ1) is 7.27. The van der Waals surface area contributed by atoms with Crippen LogP contribution in [0.1, 0.15) is 5.56 Å². The zero-order valence-electron chi connectivity index (χ0n) is 7.74. The van der Waals surface area contributed by atoms with Gasteiger partial charge in [-0.2, -0.15) is 0 Å². The molecular formula is C10H7Cl2N3. The van der Waals surface area contributed by atoms with E-state index >= 15 is 0 Å². The number of aliphatic imine (C=N–C) groups is 2. The molecule has 0 bridgehead atoms. The first kappa shape index (κ1) is 9.19. The van der Waals surface area contributed by atoms with Crippen LogP contribution >= 0.6 is 23.2 Å². The summed E-state index contributed by atoms with van der Waals surface area (Å²) >= 11 is 12.2. The number of hydrogen-bond acceptors (Lipinski definition) is 3. The third-order valence-corrected chi connectivity index (χ3v) is 3.10. The minimum atomic E-state index is 0.473. The fourth-order valence-corrected chi connectivity index (χ4v) is 2.34. The second-order valence-corrected chi connectivity index (χ2v) is 4.12. The van der Waals surface area contributed by atoms with Crippen molar-refractivity contribution in [3.05, 3.63) is 28.8 Å². The van der Waals surface area contributed by atoms with Crippen LogP contribution in [0.4, 0.5) is 5.69 Å². The minimum absolute atomic E-state index is 0.473. The Kier molecular flexibility index (Phi) is 1.97. The van der Waals surface area contributed by atoms with E-state index in [9.17, 15) is 0 Å². The summed E-state index contributed by atoms with van der Waals surface area (Å²) in [5.74, 6) is 0.843. The van der Waals surface area contributed by atoms with Crippen LogP contribution in [-0.2, 0) is 0 Å². The summed E-state index contributed by atoms with van der Waals surface area (Å²) < 4.78 is 0. The Morgan fingerprint density at radius 3 is 3.00 bits per heavy atom. The summed E-state index contributed by atoms with van der Waals surface area (Å²) in [6.45, 7) is 1.52. The SMILES string of the molecule is ClC1=Nc2cccc(Cl)c2C2=NCCN12. The number of benzene rings is 1. The Hall–Kier alpha value is -1.06. The third-order valence-electron chi connectivity index (χ3n) is 2.49. The fraction of sp³-hybridized carbons (Fsp3) is 0.200. The summed E-state index contributed by atoms with van der Waals surface area (Å²) in [5.41, 5.74) is 1.69. The van der Waals surface area contributed by atoms with Gasteiger partial charge in [-0.25, -0.2) is 4.99 Å². The zero-order valence-corrected chi connectivity index (χ0v) is 9.26. The topological polar surface area (TPSA) is 28.0 Å². The highest BCUT2D eigenvalue weighted by atomic mass is 35.5. The molecule has 2 heterocycles. The molecule has 0 saturated carbocycles. The van der Waals surface area contributed by atoms with Crippen molar-refractivity contribution in [3.8, 4) is 0 Å². The number of halogens is 2. The number of fused-ring (bicyclic) bond motifs is 3. The van der Waals surface area contributed by atoms with E-state index in [0.717, 1.165) is 30.2 Å². The van der Waals surface area contributed by atoms with Gasteiger partial charge in [-0.15, -0.1) is 0 Å². The van der Waals surface area contributed by atoms with E-state index in [4.69, 9.17) is 23.2 Å². The van der Waals surface area contributed by atoms with E-state index in [0.29, 0.717) is 10.3 Å². The first-order valence-electron chi connectivity index (χ1n) is 4.62. The van der Waals surface area contributed by atoms with E-state index in [-0.39, 0.29) is 0 Å². The van der Waals surface area contributed by atoms with Crippen LogP contribution in [0.25, 0.3) is 0 Å². The van der Waals surface area contributed by atoms with Crippen molar-refractivity contribution < 1.29 is 0 Å². The Bertz CT molecular complexity index is 493. The van der Waals surface area contributed by atoms with Crippen LogP contribution in [0.15, 0.2) is 28.2 Å². The van der Waals surface area contributed by atoms with Gasteiger partial charge in [0.1, 0.15) is 5.84 Å². The Balaban J connectivity index is 2.30. The molecule has 3 nitrogen and oxygen atoms in total. The molecule has 2 aliphatic heterocycles. The number of nitrogens with zero attached hydrogens (tertiary/aromatic N) is 3. The molecule has 0 aromatic heterocycles. The van der Waals surface area contributed by atoms with Crippen molar-refractivity contribution in [2.24, 2.45) is 9.98 Å². The molecule has 0 unspecified atom stereocenters. The fourth-order valence-electron chi connectivity index (χ4n) is 1.83. The van der Waals surface area contributed by atoms with E-state index in [1.165, 1.54) is 0 Å². The molecule has 2 aliphatic rings. The molecule has 3 rings (SSSR count). The van der Waals surface area contributed by atoms with Crippen molar-refractivity contribution >= 4 is 40.0 Å². The van der Waals surface area contributed by atoms with Crippen LogP contribution in [0, 0.1) is 0 Å². The largest absolute Gasteiger partial charge is 0.299 e. The molecule has 0 amide bonds. The molecule has 1 aromatic carbocycles. The van der Waals surface area contributed by atoms with E-state index in [1.807, 2.05) is 23.1 Å². The second-order valence-electron chi connectivity index (χ2n) is 3.37. The van der Waals surface area contributed by atoms with Crippen LogP contribution in [0.3, 0.4) is 0 Å². The van der Waals surface area contributed by atoms with Crippen molar-refractivity contribution in [1.82, 2.24) is 4.90 Å². The molecule has 0 saturated heterocycles. The number of amidine groups is 2. The first-order valence-corrected chi connectivity index (χ1v) is 5.38. The molecule has 76 valence electrons. The predicted octanol–water partition coefficient (Wildman–Crippen LogP) is 2.64. The number of hydrogen-bond donors (Lipinski definition) is 0. The lowest BCUT2D eigenvalue weighted by Crippen LogP contribution is -2.34. The van der Waals surface area contributed by atoms with Gasteiger partial charge < -0.3 is 0 Å². The Morgan fingerprint density at radius 1 is 1.27 bits per heavy atom. The summed E-state index contributed by atoms with van der Waals surface area (Å²) in [4.78, 5) is 10.6. The van der Waals surface area contributed by atoms with Gasteiger partial charge in [0, 0.05) is 6.54 Å². The van der Waals surface area contributed by atoms with Crippen molar-refractivity contribution in [1.29, 1.82) is 0 Å². The maximum atomic E-state index is 6.14. The molecule has 0 radical (unpaired) electrons. The van der Waals surface area contributed by atoms with Gasteiger partial charge in [-0.1, -0.05) is 17.7 Å². The molecular weight excluding hydrogens is 233 g/mol. The van der Waals surface area contributed by atoms with Crippen molar-refractivity contribution in [2.75, 3.05) is 13.1 Å². The van der Waals surface area contributed by atoms with Gasteiger partial charge in [0.15, 0.2) is 0 Å². The monoisotopic (exact) mass is 239 g/mol. The molecule has 0 aliphatic carbocycles. The van der Waals surface area contributed by atoms with E-state index in [1.54, 1.807) is 0 Å². The van der Waals surface area contributed by atoms with Gasteiger partial charge in [-0.3, -0.25) is 9.89 Å². The van der Waals surface area contributed by atoms with Crippen LogP contribution in [-0.4, -0.2) is 29.1 Å². The minimum Gasteiger partial charge on any atom is -0.299 e. The van der Waals surface area contributed by atoms with Gasteiger partial charge in [0.25, 0.3) is 0 Å². The summed E-state index contributed by atoms with van der Waals surface area (Å²) in [5, 5.41) is 1.15. The number of rotatable bonds is 0. The zero-order chi connectivity index (χ0) is 10.4. The molecule has 0 fully saturated rings. The quantitative estimate of drug-likeness (QED) is 0.640. The van der Waals surface area contributed by atoms with Crippen LogP contribution < -0.4 is 0 Å². The highest BCUT2D eigenvalue weighted by molar-refractivity contribution is 6.67. The molecule has 15 heavy (non-hydrogen) atoms. The van der Waals surface area contributed by atoms with Gasteiger partial charge in [0.2, 0.25) is 5.29 Å². The highest BCUT2D eigenvalue weighted by Gasteiger charge is 2.29. The smallest absolute Gasteiger partial charge is 0.204 e. The molecule has 0 N–H and O–H groups in total. The van der Waals surface area contributed by atoms with Crippen molar-refractivity contribution in [2.45, 2.75) is 0 Å². The van der Waals surface area contributed by atoms with Gasteiger partial charge in [-0.05, 0) is 23.7 Å². The molecule has 0 atom stereocenters. The lowest BCUT2D eigenvalue weighted by atomic mass is 10.1. The van der Waals surface area contributed by atoms with E-state index in [2.05, 4.69) is 9.98 Å². The normalized spacial score (nSPS) is 18.1. The third kappa shape index (κ3) is 1.27. The van der Waals surface area contributed by atoms with Crippen LogP contribution in [0.2, 0.25) is 5.02 Å². The van der Waals surface area contributed by atoms with Gasteiger partial charge >= 0.3 is 0 Å². The molecule has 5 heteroatoms. The maximum Gasteiger partial charge on any atom is 0.204 e. The lowest BCUT2D eigenvalue weighted by molar-refractivity contribution is 0.673.